The molecule has 0 fully saturated rings. The van der Waals surface area contributed by atoms with E-state index in [0.717, 1.165) is 94.7 Å². The molecular weight excluding hydrogens is 785 g/mol. The lowest BCUT2D eigenvalue weighted by molar-refractivity contribution is 0.436. The molecule has 6 heteroatoms. The molecule has 298 valence electrons. The van der Waals surface area contributed by atoms with Crippen LogP contribution in [0.15, 0.2) is 211 Å². The van der Waals surface area contributed by atoms with Crippen LogP contribution >= 0.6 is 0 Å². The van der Waals surface area contributed by atoms with Gasteiger partial charge in [-0.3, -0.25) is 0 Å². The second kappa shape index (κ2) is 13.2. The zero-order valence-corrected chi connectivity index (χ0v) is 34.2. The van der Waals surface area contributed by atoms with Gasteiger partial charge >= 0.3 is 0 Å². The van der Waals surface area contributed by atoms with Crippen molar-refractivity contribution in [1.29, 1.82) is 0 Å². The van der Waals surface area contributed by atoms with E-state index in [1.165, 1.54) is 16.3 Å². The second-order valence-electron chi connectivity index (χ2n) is 16.7. The van der Waals surface area contributed by atoms with Gasteiger partial charge in [-0.1, -0.05) is 152 Å². The van der Waals surface area contributed by atoms with Gasteiger partial charge in [0.2, 0.25) is 0 Å². The Labute approximate surface area is 367 Å². The Morgan fingerprint density at radius 2 is 1.00 bits per heavy atom. The van der Waals surface area contributed by atoms with Crippen molar-refractivity contribution in [2.75, 3.05) is 0 Å². The van der Waals surface area contributed by atoms with Crippen molar-refractivity contribution in [3.05, 3.63) is 229 Å². The Morgan fingerprint density at radius 1 is 0.391 bits per heavy atom. The molecule has 14 rings (SSSR count). The molecule has 0 bridgehead atoms. The number of rotatable bonds is 4. The minimum absolute atomic E-state index is 0.609. The number of fused-ring (bicyclic) bond motifs is 16. The fourth-order valence-electron chi connectivity index (χ4n) is 10.6. The zero-order chi connectivity index (χ0) is 41.9. The van der Waals surface area contributed by atoms with Crippen LogP contribution in [-0.2, 0) is 5.41 Å². The normalized spacial score (nSPS) is 13.2. The average Bonchev–Trinajstić information content (AvgIpc) is 4.00. The first-order valence-electron chi connectivity index (χ1n) is 21.6. The topological polar surface area (TPSA) is 66.0 Å². The first-order valence-corrected chi connectivity index (χ1v) is 21.6. The highest BCUT2D eigenvalue weighted by molar-refractivity contribution is 6.24. The number of furan rings is 1. The van der Waals surface area contributed by atoms with E-state index in [1.807, 2.05) is 66.7 Å². The Morgan fingerprint density at radius 3 is 1.72 bits per heavy atom. The minimum Gasteiger partial charge on any atom is -0.457 e. The third kappa shape index (κ3) is 4.82. The smallest absolute Gasteiger partial charge is 0.164 e. The molecule has 0 atom stereocenters. The van der Waals surface area contributed by atoms with Gasteiger partial charge in [-0.05, 0) is 76.9 Å². The van der Waals surface area contributed by atoms with Gasteiger partial charge in [-0.25, -0.2) is 15.0 Å². The van der Waals surface area contributed by atoms with Crippen LogP contribution in [0.1, 0.15) is 22.3 Å². The SMILES string of the molecule is c1ccc(-c2nc(-c3ccccc3)nc(-c3ccc4c(c3)C3(c5ccccc5Oc5ccccc53)c3ccc(-n5c6ccccc6c6ccc7oc8ccccc8c7c65)cc3-4)n2)cc1. The largest absolute Gasteiger partial charge is 0.457 e. The van der Waals surface area contributed by atoms with Crippen LogP contribution < -0.4 is 4.74 Å². The number of benzene rings is 9. The summed E-state index contributed by atoms with van der Waals surface area (Å²) in [6, 6.07) is 72.5. The average molecular weight is 819 g/mol. The molecule has 0 amide bonds. The third-order valence-corrected chi connectivity index (χ3v) is 13.3. The van der Waals surface area contributed by atoms with Crippen LogP contribution in [0.5, 0.6) is 11.5 Å². The molecular formula is C58H34N4O2. The standard InChI is InChI=1S/C58H34N4O2/c1-3-15-35(16-4-1)55-59-56(36-17-5-2-6-18-36)61-57(60-55)37-27-29-39-43-34-38(28-31-44(43)58(47(39)33-37)45-21-9-13-25-50(45)64-51-26-14-10-22-46(51)58)62-48-23-11-7-19-40(48)41-30-32-52-53(54(41)62)42-20-8-12-24-49(42)63-52/h1-34H. The summed E-state index contributed by atoms with van der Waals surface area (Å²) in [5.41, 5.74) is 14.0. The Kier molecular flexibility index (Phi) is 7.22. The highest BCUT2D eigenvalue weighted by Crippen LogP contribution is 2.62. The Balaban J connectivity index is 1.06. The van der Waals surface area contributed by atoms with Crippen LogP contribution in [0, 0.1) is 0 Å². The Bertz CT molecular complexity index is 3780. The number of hydrogen-bond donors (Lipinski definition) is 0. The summed E-state index contributed by atoms with van der Waals surface area (Å²) in [4.78, 5) is 15.4. The van der Waals surface area contributed by atoms with Gasteiger partial charge in [-0.2, -0.15) is 0 Å². The van der Waals surface area contributed by atoms with E-state index in [-0.39, 0.29) is 0 Å². The fraction of sp³-hybridized carbons (Fsp3) is 0.0172. The van der Waals surface area contributed by atoms with Gasteiger partial charge in [0.25, 0.3) is 0 Å². The molecule has 1 aliphatic heterocycles. The second-order valence-corrected chi connectivity index (χ2v) is 16.7. The van der Waals surface area contributed by atoms with Gasteiger partial charge in [0.15, 0.2) is 17.5 Å². The summed E-state index contributed by atoms with van der Waals surface area (Å²) in [5.74, 6) is 3.53. The molecule has 0 N–H and O–H groups in total. The number of ether oxygens (including phenoxy) is 1. The lowest BCUT2D eigenvalue weighted by atomic mass is 9.66. The molecule has 0 unspecified atom stereocenters. The maximum atomic E-state index is 6.74. The molecule has 12 aromatic rings. The monoisotopic (exact) mass is 818 g/mol. The molecule has 1 spiro atoms. The third-order valence-electron chi connectivity index (χ3n) is 13.3. The van der Waals surface area contributed by atoms with E-state index in [9.17, 15) is 0 Å². The molecule has 3 aromatic heterocycles. The van der Waals surface area contributed by atoms with Crippen LogP contribution in [0.2, 0.25) is 0 Å². The van der Waals surface area contributed by atoms with E-state index in [1.54, 1.807) is 0 Å². The Hall–Kier alpha value is -8.61. The molecule has 0 saturated heterocycles. The van der Waals surface area contributed by atoms with Crippen molar-refractivity contribution in [2.45, 2.75) is 5.41 Å². The van der Waals surface area contributed by atoms with E-state index >= 15 is 0 Å². The quantitative estimate of drug-likeness (QED) is 0.177. The van der Waals surface area contributed by atoms with Crippen molar-refractivity contribution in [2.24, 2.45) is 0 Å². The van der Waals surface area contributed by atoms with Gasteiger partial charge in [0.1, 0.15) is 22.7 Å². The summed E-state index contributed by atoms with van der Waals surface area (Å²) in [7, 11) is 0. The molecule has 64 heavy (non-hydrogen) atoms. The van der Waals surface area contributed by atoms with E-state index in [0.29, 0.717) is 17.5 Å². The summed E-state index contributed by atoms with van der Waals surface area (Å²) < 4.78 is 15.7. The van der Waals surface area contributed by atoms with Crippen LogP contribution in [0.4, 0.5) is 0 Å². The molecule has 0 radical (unpaired) electrons. The van der Waals surface area contributed by atoms with Gasteiger partial charge in [0, 0.05) is 49.7 Å². The van der Waals surface area contributed by atoms with Crippen LogP contribution in [-0.4, -0.2) is 19.5 Å². The lowest BCUT2D eigenvalue weighted by Crippen LogP contribution is -2.32. The highest BCUT2D eigenvalue weighted by atomic mass is 16.5. The maximum absolute atomic E-state index is 6.74. The first kappa shape index (κ1) is 35.0. The first-order chi connectivity index (χ1) is 31.7. The van der Waals surface area contributed by atoms with E-state index in [2.05, 4.69) is 144 Å². The van der Waals surface area contributed by atoms with Crippen LogP contribution in [0.25, 0.3) is 94.7 Å². The predicted octanol–water partition coefficient (Wildman–Crippen LogP) is 14.3. The molecule has 4 heterocycles. The van der Waals surface area contributed by atoms with Crippen molar-refractivity contribution < 1.29 is 9.15 Å². The highest BCUT2D eigenvalue weighted by Gasteiger charge is 2.51. The summed E-state index contributed by atoms with van der Waals surface area (Å²) in [5, 5.41) is 4.59. The number of hydrogen-bond acceptors (Lipinski definition) is 5. The summed E-state index contributed by atoms with van der Waals surface area (Å²) in [6.07, 6.45) is 0. The van der Waals surface area contributed by atoms with Crippen molar-refractivity contribution in [3.63, 3.8) is 0 Å². The van der Waals surface area contributed by atoms with Gasteiger partial charge < -0.3 is 13.7 Å². The van der Waals surface area contributed by atoms with Crippen LogP contribution in [0.3, 0.4) is 0 Å². The van der Waals surface area contributed by atoms with Crippen molar-refractivity contribution >= 4 is 43.7 Å². The van der Waals surface area contributed by atoms with E-state index < -0.39 is 5.41 Å². The van der Waals surface area contributed by atoms with Gasteiger partial charge in [-0.15, -0.1) is 0 Å². The number of aromatic nitrogens is 4. The predicted molar refractivity (Wildman–Crippen MR) is 255 cm³/mol. The molecule has 1 aliphatic carbocycles. The van der Waals surface area contributed by atoms with E-state index in [4.69, 9.17) is 24.1 Å². The van der Waals surface area contributed by atoms with Crippen molar-refractivity contribution in [1.82, 2.24) is 19.5 Å². The van der Waals surface area contributed by atoms with Crippen molar-refractivity contribution in [3.8, 4) is 62.5 Å². The maximum Gasteiger partial charge on any atom is 0.164 e. The minimum atomic E-state index is -0.711. The molecule has 6 nitrogen and oxygen atoms in total. The summed E-state index contributed by atoms with van der Waals surface area (Å²) in [6.45, 7) is 0. The molecule has 0 saturated carbocycles. The summed E-state index contributed by atoms with van der Waals surface area (Å²) >= 11 is 0. The number of para-hydroxylation sites is 4. The number of nitrogens with zero attached hydrogens (tertiary/aromatic N) is 4. The lowest BCUT2D eigenvalue weighted by Gasteiger charge is -2.39. The molecule has 9 aromatic carbocycles. The zero-order valence-electron chi connectivity index (χ0n) is 34.2. The van der Waals surface area contributed by atoms with Gasteiger partial charge in [0.05, 0.1) is 21.8 Å². The fourth-order valence-corrected chi connectivity index (χ4v) is 10.6. The molecule has 2 aliphatic rings.